The van der Waals surface area contributed by atoms with E-state index in [1.165, 1.54) is 4.31 Å². The molecule has 0 spiro atoms. The number of hydrogen-bond acceptors (Lipinski definition) is 3. The van der Waals surface area contributed by atoms with Crippen molar-refractivity contribution in [2.45, 2.75) is 32.7 Å². The molecule has 0 aromatic heterocycles. The summed E-state index contributed by atoms with van der Waals surface area (Å²) in [7, 11) is -1.70. The smallest absolute Gasteiger partial charge is 0.281 e. The summed E-state index contributed by atoms with van der Waals surface area (Å²) in [6, 6.07) is -0.136. The maximum absolute atomic E-state index is 12.1. The lowest BCUT2D eigenvalue weighted by molar-refractivity contribution is 0.269. The normalized spacial score (nSPS) is 22.6. The van der Waals surface area contributed by atoms with Gasteiger partial charge in [-0.1, -0.05) is 6.92 Å². The quantitative estimate of drug-likeness (QED) is 0.776. The molecule has 0 aromatic carbocycles. The Labute approximate surface area is 98.8 Å². The molecule has 0 bridgehead atoms. The van der Waals surface area contributed by atoms with E-state index >= 15 is 0 Å². The lowest BCUT2D eigenvalue weighted by Gasteiger charge is -2.33. The van der Waals surface area contributed by atoms with Crippen LogP contribution in [0, 0.1) is 5.92 Å². The maximum atomic E-state index is 12.1. The zero-order chi connectivity index (χ0) is 12.3. The molecule has 16 heavy (non-hydrogen) atoms. The Hall–Kier alpha value is -0.170. The number of likely N-dealkylation sites (N-methyl/N-ethyl adjacent to an activating group) is 1. The topological polar surface area (TPSA) is 66.6 Å². The minimum atomic E-state index is -3.29. The molecule has 0 saturated carbocycles. The van der Waals surface area contributed by atoms with Crippen LogP contribution in [0.2, 0.25) is 0 Å². The van der Waals surface area contributed by atoms with E-state index < -0.39 is 10.2 Å². The van der Waals surface area contributed by atoms with Gasteiger partial charge in [0.15, 0.2) is 0 Å². The Morgan fingerprint density at radius 2 is 1.94 bits per heavy atom. The molecule has 1 unspecified atom stereocenters. The highest BCUT2D eigenvalue weighted by atomic mass is 32.2. The van der Waals surface area contributed by atoms with Crippen LogP contribution in [0.5, 0.6) is 0 Å². The third kappa shape index (κ3) is 3.41. The van der Waals surface area contributed by atoms with Gasteiger partial charge in [-0.3, -0.25) is 0 Å². The molecule has 2 N–H and O–H groups in total. The first-order chi connectivity index (χ1) is 7.34. The second kappa shape index (κ2) is 5.44. The fourth-order valence-corrected chi connectivity index (χ4v) is 3.40. The van der Waals surface area contributed by atoms with Gasteiger partial charge in [0, 0.05) is 32.7 Å². The van der Waals surface area contributed by atoms with Gasteiger partial charge in [-0.2, -0.15) is 17.0 Å². The summed E-state index contributed by atoms with van der Waals surface area (Å²) in [6.45, 7) is 5.61. The van der Waals surface area contributed by atoms with Gasteiger partial charge in [0.05, 0.1) is 0 Å². The van der Waals surface area contributed by atoms with Crippen LogP contribution in [0.25, 0.3) is 0 Å². The Morgan fingerprint density at radius 3 is 2.38 bits per heavy atom. The van der Waals surface area contributed by atoms with Gasteiger partial charge in [0.2, 0.25) is 0 Å². The van der Waals surface area contributed by atoms with E-state index in [9.17, 15) is 8.42 Å². The van der Waals surface area contributed by atoms with Crippen LogP contribution in [0.1, 0.15) is 26.7 Å². The van der Waals surface area contributed by atoms with Crippen molar-refractivity contribution < 1.29 is 8.42 Å². The predicted octanol–water partition coefficient (Wildman–Crippen LogP) is 0.242. The third-order valence-corrected chi connectivity index (χ3v) is 4.96. The molecule has 0 amide bonds. The zero-order valence-electron chi connectivity index (χ0n) is 10.4. The summed E-state index contributed by atoms with van der Waals surface area (Å²) >= 11 is 0. The van der Waals surface area contributed by atoms with Crippen LogP contribution in [-0.4, -0.2) is 49.8 Å². The Bertz CT molecular complexity index is 308. The third-order valence-electron chi connectivity index (χ3n) is 3.01. The molecule has 1 aliphatic heterocycles. The highest BCUT2D eigenvalue weighted by Gasteiger charge is 2.29. The molecule has 1 atom stereocenters. The van der Waals surface area contributed by atoms with Crippen LogP contribution in [0.3, 0.4) is 0 Å². The van der Waals surface area contributed by atoms with Gasteiger partial charge in [-0.05, 0) is 25.7 Å². The van der Waals surface area contributed by atoms with Crippen molar-refractivity contribution in [2.24, 2.45) is 11.7 Å². The number of hydrogen-bond donors (Lipinski definition) is 1. The van der Waals surface area contributed by atoms with Crippen molar-refractivity contribution in [3.05, 3.63) is 0 Å². The van der Waals surface area contributed by atoms with E-state index in [2.05, 4.69) is 6.92 Å². The molecule has 1 fully saturated rings. The Kier molecular flexibility index (Phi) is 4.73. The molecule has 1 rings (SSSR count). The summed E-state index contributed by atoms with van der Waals surface area (Å²) in [6.07, 6.45) is 1.90. The first-order valence-electron chi connectivity index (χ1n) is 5.81. The second-order valence-electron chi connectivity index (χ2n) is 4.85. The summed E-state index contributed by atoms with van der Waals surface area (Å²) in [4.78, 5) is 0. The molecule has 1 aliphatic rings. The van der Waals surface area contributed by atoms with Crippen molar-refractivity contribution >= 4 is 10.2 Å². The van der Waals surface area contributed by atoms with Crippen LogP contribution >= 0.6 is 0 Å². The molecule has 0 radical (unpaired) electrons. The lowest BCUT2D eigenvalue weighted by atomic mass is 10.0. The van der Waals surface area contributed by atoms with E-state index in [-0.39, 0.29) is 6.04 Å². The van der Waals surface area contributed by atoms with E-state index in [1.54, 1.807) is 11.4 Å². The largest absolute Gasteiger partial charge is 0.327 e. The van der Waals surface area contributed by atoms with Crippen molar-refractivity contribution in [1.82, 2.24) is 8.61 Å². The summed E-state index contributed by atoms with van der Waals surface area (Å²) in [5.74, 6) is 0.630. The van der Waals surface area contributed by atoms with E-state index in [0.717, 1.165) is 12.8 Å². The van der Waals surface area contributed by atoms with E-state index in [4.69, 9.17) is 5.73 Å². The molecular weight excluding hydrogens is 226 g/mol. The van der Waals surface area contributed by atoms with E-state index in [1.807, 2.05) is 6.92 Å². The van der Waals surface area contributed by atoms with Gasteiger partial charge >= 0.3 is 0 Å². The highest BCUT2D eigenvalue weighted by Crippen LogP contribution is 2.19. The maximum Gasteiger partial charge on any atom is 0.281 e. The van der Waals surface area contributed by atoms with Gasteiger partial charge in [0.25, 0.3) is 10.2 Å². The highest BCUT2D eigenvalue weighted by molar-refractivity contribution is 7.86. The first-order valence-corrected chi connectivity index (χ1v) is 7.20. The van der Waals surface area contributed by atoms with Crippen LogP contribution < -0.4 is 5.73 Å². The summed E-state index contributed by atoms with van der Waals surface area (Å²) in [5, 5.41) is 0. The molecule has 5 nitrogen and oxygen atoms in total. The van der Waals surface area contributed by atoms with Gasteiger partial charge in [-0.25, -0.2) is 0 Å². The minimum Gasteiger partial charge on any atom is -0.327 e. The molecule has 96 valence electrons. The monoisotopic (exact) mass is 249 g/mol. The number of piperidine rings is 1. The zero-order valence-corrected chi connectivity index (χ0v) is 11.2. The van der Waals surface area contributed by atoms with Crippen molar-refractivity contribution in [3.8, 4) is 0 Å². The average molecular weight is 249 g/mol. The van der Waals surface area contributed by atoms with Gasteiger partial charge in [-0.15, -0.1) is 0 Å². The fraction of sp³-hybridized carbons (Fsp3) is 1.00. The minimum absolute atomic E-state index is 0.136. The molecule has 1 saturated heterocycles. The summed E-state index contributed by atoms with van der Waals surface area (Å²) in [5.41, 5.74) is 5.62. The summed E-state index contributed by atoms with van der Waals surface area (Å²) < 4.78 is 27.2. The second-order valence-corrected chi connectivity index (χ2v) is 6.88. The van der Waals surface area contributed by atoms with Crippen molar-refractivity contribution in [2.75, 3.05) is 26.7 Å². The molecule has 1 heterocycles. The molecular formula is C10H23N3O2S. The van der Waals surface area contributed by atoms with Gasteiger partial charge < -0.3 is 5.73 Å². The first kappa shape index (κ1) is 13.9. The van der Waals surface area contributed by atoms with Crippen LogP contribution in [0.15, 0.2) is 0 Å². The van der Waals surface area contributed by atoms with Crippen LogP contribution in [-0.2, 0) is 10.2 Å². The molecule has 0 aliphatic carbocycles. The lowest BCUT2D eigenvalue weighted by Crippen LogP contribution is -2.48. The standard InChI is InChI=1S/C10H23N3O2S/c1-9-4-6-13(7-5-9)16(14,15)12(3)8-10(2)11/h9-10H,4-8,11H2,1-3H3. The molecule has 6 heteroatoms. The van der Waals surface area contributed by atoms with E-state index in [0.29, 0.717) is 25.6 Å². The predicted molar refractivity (Wildman–Crippen MR) is 65.2 cm³/mol. The molecule has 0 aromatic rings. The number of rotatable bonds is 4. The number of nitrogens with two attached hydrogens (primary N) is 1. The Morgan fingerprint density at radius 1 is 1.44 bits per heavy atom. The Balaban J connectivity index is 2.63. The average Bonchev–Trinajstić information content (AvgIpc) is 2.17. The van der Waals surface area contributed by atoms with Crippen molar-refractivity contribution in [1.29, 1.82) is 0 Å². The fourth-order valence-electron chi connectivity index (χ4n) is 1.91. The van der Waals surface area contributed by atoms with Gasteiger partial charge in [0.1, 0.15) is 0 Å². The van der Waals surface area contributed by atoms with Crippen LogP contribution in [0.4, 0.5) is 0 Å². The SMILES string of the molecule is CC(N)CN(C)S(=O)(=O)N1CCC(C)CC1. The number of nitrogens with zero attached hydrogens (tertiary/aromatic N) is 2. The van der Waals surface area contributed by atoms with Crippen molar-refractivity contribution in [3.63, 3.8) is 0 Å².